The molecular weight excluding hydrogens is 200 g/mol. The first kappa shape index (κ1) is 13.5. The van der Waals surface area contributed by atoms with Crippen LogP contribution in [0.1, 0.15) is 52.4 Å². The molecule has 1 atom stereocenters. The zero-order valence-corrected chi connectivity index (χ0v) is 10.7. The molecule has 0 radical (unpaired) electrons. The Kier molecular flexibility index (Phi) is 5.81. The third kappa shape index (κ3) is 3.48. The van der Waals surface area contributed by atoms with Gasteiger partial charge in [0, 0.05) is 25.6 Å². The van der Waals surface area contributed by atoms with Gasteiger partial charge in [-0.05, 0) is 25.2 Å². The second-order valence-corrected chi connectivity index (χ2v) is 4.86. The SMILES string of the molecule is CCC(CC)CC(=O)N1CCCCC1CN. The van der Waals surface area contributed by atoms with Crippen molar-refractivity contribution in [2.24, 2.45) is 11.7 Å². The van der Waals surface area contributed by atoms with E-state index in [1.807, 2.05) is 4.90 Å². The first-order valence-corrected chi connectivity index (χ1v) is 6.72. The van der Waals surface area contributed by atoms with Crippen LogP contribution in [-0.4, -0.2) is 29.9 Å². The number of hydrogen-bond donors (Lipinski definition) is 1. The van der Waals surface area contributed by atoms with Crippen LogP contribution in [0.4, 0.5) is 0 Å². The van der Waals surface area contributed by atoms with Crippen molar-refractivity contribution >= 4 is 5.91 Å². The largest absolute Gasteiger partial charge is 0.338 e. The molecule has 1 rings (SSSR count). The minimum atomic E-state index is 0.301. The van der Waals surface area contributed by atoms with E-state index in [0.717, 1.165) is 32.2 Å². The van der Waals surface area contributed by atoms with Crippen molar-refractivity contribution < 1.29 is 4.79 Å². The minimum Gasteiger partial charge on any atom is -0.338 e. The molecule has 3 heteroatoms. The molecule has 16 heavy (non-hydrogen) atoms. The quantitative estimate of drug-likeness (QED) is 0.781. The third-order valence-electron chi connectivity index (χ3n) is 3.84. The molecule has 1 amide bonds. The van der Waals surface area contributed by atoms with E-state index in [1.54, 1.807) is 0 Å². The molecule has 1 aliphatic heterocycles. The molecule has 1 heterocycles. The maximum atomic E-state index is 12.2. The Bertz CT molecular complexity index is 214. The molecule has 0 bridgehead atoms. The maximum Gasteiger partial charge on any atom is 0.223 e. The molecule has 0 aliphatic carbocycles. The summed E-state index contributed by atoms with van der Waals surface area (Å²) in [6.07, 6.45) is 6.36. The number of rotatable bonds is 5. The van der Waals surface area contributed by atoms with E-state index in [4.69, 9.17) is 5.73 Å². The molecule has 94 valence electrons. The highest BCUT2D eigenvalue weighted by Crippen LogP contribution is 2.20. The van der Waals surface area contributed by atoms with Crippen molar-refractivity contribution in [2.45, 2.75) is 58.4 Å². The Hall–Kier alpha value is -0.570. The molecule has 0 saturated carbocycles. The molecule has 0 aromatic rings. The van der Waals surface area contributed by atoms with Crippen LogP contribution < -0.4 is 5.73 Å². The summed E-state index contributed by atoms with van der Waals surface area (Å²) in [5, 5.41) is 0. The molecule has 1 saturated heterocycles. The normalized spacial score (nSPS) is 21.5. The molecular formula is C13H26N2O. The van der Waals surface area contributed by atoms with Crippen LogP contribution >= 0.6 is 0 Å². The number of amides is 1. The van der Waals surface area contributed by atoms with Crippen LogP contribution in [0, 0.1) is 5.92 Å². The zero-order valence-electron chi connectivity index (χ0n) is 10.7. The van der Waals surface area contributed by atoms with Crippen molar-refractivity contribution in [3.63, 3.8) is 0 Å². The average molecular weight is 226 g/mol. The lowest BCUT2D eigenvalue weighted by Crippen LogP contribution is -2.47. The van der Waals surface area contributed by atoms with Gasteiger partial charge in [-0.25, -0.2) is 0 Å². The van der Waals surface area contributed by atoms with Gasteiger partial charge < -0.3 is 10.6 Å². The molecule has 3 nitrogen and oxygen atoms in total. The van der Waals surface area contributed by atoms with Crippen molar-refractivity contribution in [3.8, 4) is 0 Å². The lowest BCUT2D eigenvalue weighted by atomic mass is 9.96. The predicted octanol–water partition coefficient (Wildman–Crippen LogP) is 2.15. The summed E-state index contributed by atoms with van der Waals surface area (Å²) in [5.41, 5.74) is 5.73. The van der Waals surface area contributed by atoms with E-state index in [0.29, 0.717) is 30.8 Å². The zero-order chi connectivity index (χ0) is 12.0. The van der Waals surface area contributed by atoms with Gasteiger partial charge in [-0.2, -0.15) is 0 Å². The summed E-state index contributed by atoms with van der Waals surface area (Å²) in [5.74, 6) is 0.872. The highest BCUT2D eigenvalue weighted by molar-refractivity contribution is 5.76. The van der Waals surface area contributed by atoms with E-state index in [1.165, 1.54) is 6.42 Å². The van der Waals surface area contributed by atoms with Gasteiger partial charge in [0.1, 0.15) is 0 Å². The van der Waals surface area contributed by atoms with Crippen LogP contribution in [-0.2, 0) is 4.79 Å². The topological polar surface area (TPSA) is 46.3 Å². The Balaban J connectivity index is 2.50. The number of carbonyl (C=O) groups excluding carboxylic acids is 1. The number of hydrogen-bond acceptors (Lipinski definition) is 2. The third-order valence-corrected chi connectivity index (χ3v) is 3.84. The number of piperidine rings is 1. The molecule has 1 unspecified atom stereocenters. The van der Waals surface area contributed by atoms with E-state index < -0.39 is 0 Å². The monoisotopic (exact) mass is 226 g/mol. The van der Waals surface area contributed by atoms with Crippen molar-refractivity contribution in [1.82, 2.24) is 4.90 Å². The fourth-order valence-electron chi connectivity index (χ4n) is 2.52. The van der Waals surface area contributed by atoms with Crippen LogP contribution in [0.25, 0.3) is 0 Å². The second kappa shape index (κ2) is 6.89. The summed E-state index contributed by atoms with van der Waals surface area (Å²) in [6, 6.07) is 0.301. The fourth-order valence-corrected chi connectivity index (χ4v) is 2.52. The summed E-state index contributed by atoms with van der Waals surface area (Å²) in [4.78, 5) is 14.2. The van der Waals surface area contributed by atoms with Crippen molar-refractivity contribution in [2.75, 3.05) is 13.1 Å². The Labute approximate surface area is 99.4 Å². The molecule has 0 spiro atoms. The smallest absolute Gasteiger partial charge is 0.223 e. The molecule has 1 aliphatic rings. The summed E-state index contributed by atoms with van der Waals surface area (Å²) in [6.45, 7) is 5.87. The highest BCUT2D eigenvalue weighted by atomic mass is 16.2. The van der Waals surface area contributed by atoms with E-state index in [-0.39, 0.29) is 0 Å². The first-order valence-electron chi connectivity index (χ1n) is 6.72. The van der Waals surface area contributed by atoms with E-state index in [9.17, 15) is 4.79 Å². The standard InChI is InChI=1S/C13H26N2O/c1-3-11(4-2)9-13(16)15-8-6-5-7-12(15)10-14/h11-12H,3-10,14H2,1-2H3. The first-order chi connectivity index (χ1) is 7.72. The van der Waals surface area contributed by atoms with Crippen LogP contribution in [0.2, 0.25) is 0 Å². The van der Waals surface area contributed by atoms with E-state index >= 15 is 0 Å². The van der Waals surface area contributed by atoms with Gasteiger partial charge in [-0.1, -0.05) is 26.7 Å². The van der Waals surface area contributed by atoms with E-state index in [2.05, 4.69) is 13.8 Å². The fraction of sp³-hybridized carbons (Fsp3) is 0.923. The Morgan fingerprint density at radius 1 is 1.38 bits per heavy atom. The van der Waals surface area contributed by atoms with Gasteiger partial charge >= 0.3 is 0 Å². The summed E-state index contributed by atoms with van der Waals surface area (Å²) >= 11 is 0. The highest BCUT2D eigenvalue weighted by Gasteiger charge is 2.26. The van der Waals surface area contributed by atoms with Crippen LogP contribution in [0.5, 0.6) is 0 Å². The molecule has 1 fully saturated rings. The van der Waals surface area contributed by atoms with Gasteiger partial charge in [0.25, 0.3) is 0 Å². The Morgan fingerprint density at radius 3 is 2.62 bits per heavy atom. The number of nitrogens with two attached hydrogens (primary N) is 1. The van der Waals surface area contributed by atoms with Crippen molar-refractivity contribution in [1.29, 1.82) is 0 Å². The summed E-state index contributed by atoms with van der Waals surface area (Å²) in [7, 11) is 0. The number of nitrogens with zero attached hydrogens (tertiary/aromatic N) is 1. The molecule has 0 aromatic carbocycles. The van der Waals surface area contributed by atoms with Gasteiger partial charge in [-0.3, -0.25) is 4.79 Å². The van der Waals surface area contributed by atoms with Gasteiger partial charge in [-0.15, -0.1) is 0 Å². The van der Waals surface area contributed by atoms with Crippen LogP contribution in [0.3, 0.4) is 0 Å². The number of likely N-dealkylation sites (tertiary alicyclic amines) is 1. The maximum absolute atomic E-state index is 12.2. The van der Waals surface area contributed by atoms with Gasteiger partial charge in [0.15, 0.2) is 0 Å². The van der Waals surface area contributed by atoms with Gasteiger partial charge in [0.2, 0.25) is 5.91 Å². The van der Waals surface area contributed by atoms with Crippen LogP contribution in [0.15, 0.2) is 0 Å². The lowest BCUT2D eigenvalue weighted by Gasteiger charge is -2.35. The Morgan fingerprint density at radius 2 is 2.06 bits per heavy atom. The van der Waals surface area contributed by atoms with Gasteiger partial charge in [0.05, 0.1) is 0 Å². The second-order valence-electron chi connectivity index (χ2n) is 4.86. The predicted molar refractivity (Wildman–Crippen MR) is 67.1 cm³/mol. The summed E-state index contributed by atoms with van der Waals surface area (Å²) < 4.78 is 0. The molecule has 0 aromatic heterocycles. The molecule has 2 N–H and O–H groups in total. The lowest BCUT2D eigenvalue weighted by molar-refractivity contribution is -0.135. The van der Waals surface area contributed by atoms with Crippen molar-refractivity contribution in [3.05, 3.63) is 0 Å². The average Bonchev–Trinajstić information content (AvgIpc) is 2.35. The minimum absolute atomic E-state index is 0.301. The number of carbonyl (C=O) groups is 1.